The Kier molecular flexibility index (Phi) is 20.4. The van der Waals surface area contributed by atoms with Gasteiger partial charge in [0.2, 0.25) is 11.8 Å². The summed E-state index contributed by atoms with van der Waals surface area (Å²) >= 11 is 0. The molecule has 0 fully saturated rings. The fourth-order valence-electron chi connectivity index (χ4n) is 3.41. The molecule has 0 aliphatic carbocycles. The SMILES string of the molecule is C=CCCCCCC(=O)NCCCN(CCCNC(=O)CCCCCC=C)CC(C)O. The number of carbonyl (C=O) groups excluding carboxylic acids is 2. The maximum absolute atomic E-state index is 11.9. The predicted octanol–water partition coefficient (Wildman–Crippen LogP) is 3.95. The van der Waals surface area contributed by atoms with Crippen LogP contribution in [0.3, 0.4) is 0 Å². The molecule has 0 bridgehead atoms. The number of nitrogens with one attached hydrogen (secondary N) is 2. The van der Waals surface area contributed by atoms with Gasteiger partial charge in [-0.25, -0.2) is 0 Å². The van der Waals surface area contributed by atoms with Crippen molar-refractivity contribution in [3.63, 3.8) is 0 Å². The number of aliphatic hydroxyl groups is 1. The van der Waals surface area contributed by atoms with Gasteiger partial charge in [0.05, 0.1) is 6.10 Å². The van der Waals surface area contributed by atoms with Crippen LogP contribution in [0.15, 0.2) is 25.3 Å². The second-order valence-electron chi connectivity index (χ2n) is 8.33. The fraction of sp³-hybridized carbons (Fsp3) is 0.760. The van der Waals surface area contributed by atoms with E-state index in [9.17, 15) is 14.7 Å². The molecule has 0 radical (unpaired) electrons. The van der Waals surface area contributed by atoms with Crippen molar-refractivity contribution in [2.45, 2.75) is 90.1 Å². The minimum atomic E-state index is -0.393. The van der Waals surface area contributed by atoms with Crippen molar-refractivity contribution in [3.8, 4) is 0 Å². The Labute approximate surface area is 190 Å². The lowest BCUT2D eigenvalue weighted by Gasteiger charge is -2.23. The lowest BCUT2D eigenvalue weighted by atomic mass is 10.1. The molecule has 1 atom stereocenters. The number of carbonyl (C=O) groups is 2. The molecule has 6 nitrogen and oxygen atoms in total. The van der Waals surface area contributed by atoms with Crippen molar-refractivity contribution in [2.75, 3.05) is 32.7 Å². The first-order valence-corrected chi connectivity index (χ1v) is 12.1. The Hall–Kier alpha value is -1.66. The maximum atomic E-state index is 11.9. The van der Waals surface area contributed by atoms with E-state index < -0.39 is 6.10 Å². The van der Waals surface area contributed by atoms with Gasteiger partial charge in [-0.2, -0.15) is 0 Å². The van der Waals surface area contributed by atoms with Crippen LogP contribution in [0.25, 0.3) is 0 Å². The van der Waals surface area contributed by atoms with Gasteiger partial charge < -0.3 is 20.6 Å². The number of amides is 2. The summed E-state index contributed by atoms with van der Waals surface area (Å²) in [5.41, 5.74) is 0. The average Bonchev–Trinajstić information content (AvgIpc) is 2.73. The first kappa shape index (κ1) is 29.3. The molecule has 3 N–H and O–H groups in total. The standard InChI is InChI=1S/C25H47N3O3/c1-4-6-8-10-12-16-24(30)26-18-14-20-28(22-23(3)29)21-15-19-27-25(31)17-13-11-9-7-5-2/h4-5,23,29H,1-2,6-22H2,3H3,(H,26,30)(H,27,31). The van der Waals surface area contributed by atoms with E-state index in [0.717, 1.165) is 77.3 Å². The summed E-state index contributed by atoms with van der Waals surface area (Å²) < 4.78 is 0. The number of hydrogen-bond acceptors (Lipinski definition) is 4. The summed E-state index contributed by atoms with van der Waals surface area (Å²) in [5, 5.41) is 15.7. The van der Waals surface area contributed by atoms with E-state index in [2.05, 4.69) is 28.7 Å². The third-order valence-corrected chi connectivity index (χ3v) is 5.09. The van der Waals surface area contributed by atoms with E-state index in [4.69, 9.17) is 0 Å². The van der Waals surface area contributed by atoms with Gasteiger partial charge >= 0.3 is 0 Å². The molecule has 0 saturated carbocycles. The zero-order valence-corrected chi connectivity index (χ0v) is 19.9. The highest BCUT2D eigenvalue weighted by atomic mass is 16.3. The van der Waals surface area contributed by atoms with Gasteiger partial charge in [0.25, 0.3) is 0 Å². The molecule has 0 aromatic carbocycles. The molecule has 0 spiro atoms. The second kappa shape index (κ2) is 21.6. The van der Waals surface area contributed by atoms with Crippen LogP contribution in [-0.4, -0.2) is 60.6 Å². The van der Waals surface area contributed by atoms with Crippen molar-refractivity contribution in [3.05, 3.63) is 25.3 Å². The Bertz CT molecular complexity index is 443. The molecule has 1 unspecified atom stereocenters. The minimum Gasteiger partial charge on any atom is -0.392 e. The van der Waals surface area contributed by atoms with Crippen LogP contribution < -0.4 is 10.6 Å². The lowest BCUT2D eigenvalue weighted by Crippen LogP contribution is -2.36. The Balaban J connectivity index is 3.86. The van der Waals surface area contributed by atoms with E-state index in [-0.39, 0.29) is 11.8 Å². The van der Waals surface area contributed by atoms with Crippen molar-refractivity contribution in [2.24, 2.45) is 0 Å². The molecule has 31 heavy (non-hydrogen) atoms. The number of aliphatic hydroxyl groups excluding tert-OH is 1. The van der Waals surface area contributed by atoms with E-state index in [1.165, 1.54) is 0 Å². The summed E-state index contributed by atoms with van der Waals surface area (Å²) in [4.78, 5) is 25.9. The molecule has 0 aliphatic rings. The number of allylic oxidation sites excluding steroid dienone is 2. The van der Waals surface area contributed by atoms with E-state index in [1.807, 2.05) is 12.2 Å². The van der Waals surface area contributed by atoms with Crippen molar-refractivity contribution < 1.29 is 14.7 Å². The summed E-state index contributed by atoms with van der Waals surface area (Å²) in [6, 6.07) is 0. The smallest absolute Gasteiger partial charge is 0.219 e. The van der Waals surface area contributed by atoms with Crippen LogP contribution in [0.5, 0.6) is 0 Å². The molecule has 0 saturated heterocycles. The van der Waals surface area contributed by atoms with Crippen LogP contribution in [-0.2, 0) is 9.59 Å². The largest absolute Gasteiger partial charge is 0.392 e. The predicted molar refractivity (Wildman–Crippen MR) is 130 cm³/mol. The minimum absolute atomic E-state index is 0.118. The van der Waals surface area contributed by atoms with Gasteiger partial charge in [-0.05, 0) is 71.4 Å². The molecule has 0 aromatic rings. The molecule has 0 aliphatic heterocycles. The summed E-state index contributed by atoms with van der Waals surface area (Å²) in [7, 11) is 0. The molecular formula is C25H47N3O3. The van der Waals surface area contributed by atoms with Crippen molar-refractivity contribution in [1.29, 1.82) is 0 Å². The van der Waals surface area contributed by atoms with Gasteiger partial charge in [0.15, 0.2) is 0 Å². The van der Waals surface area contributed by atoms with Gasteiger partial charge in [0, 0.05) is 32.5 Å². The highest BCUT2D eigenvalue weighted by Crippen LogP contribution is 2.04. The van der Waals surface area contributed by atoms with Crippen LogP contribution in [0.2, 0.25) is 0 Å². The molecule has 0 rings (SSSR count). The molecular weight excluding hydrogens is 390 g/mol. The number of rotatable bonds is 22. The zero-order valence-electron chi connectivity index (χ0n) is 19.9. The number of unbranched alkanes of at least 4 members (excludes halogenated alkanes) is 6. The molecule has 6 heteroatoms. The third-order valence-electron chi connectivity index (χ3n) is 5.09. The first-order valence-electron chi connectivity index (χ1n) is 12.1. The van der Waals surface area contributed by atoms with Crippen LogP contribution >= 0.6 is 0 Å². The van der Waals surface area contributed by atoms with Crippen LogP contribution in [0.4, 0.5) is 0 Å². The van der Waals surface area contributed by atoms with Crippen molar-refractivity contribution in [1.82, 2.24) is 15.5 Å². The quantitative estimate of drug-likeness (QED) is 0.177. The first-order chi connectivity index (χ1) is 15.0. The Morgan fingerprint density at radius 3 is 1.65 bits per heavy atom. The summed E-state index contributed by atoms with van der Waals surface area (Å²) in [6.45, 7) is 12.8. The van der Waals surface area contributed by atoms with E-state index in [0.29, 0.717) is 32.5 Å². The molecule has 0 heterocycles. The molecule has 0 aromatic heterocycles. The van der Waals surface area contributed by atoms with Crippen LogP contribution in [0.1, 0.15) is 84.0 Å². The van der Waals surface area contributed by atoms with Crippen molar-refractivity contribution >= 4 is 11.8 Å². The highest BCUT2D eigenvalue weighted by Gasteiger charge is 2.09. The maximum Gasteiger partial charge on any atom is 0.219 e. The average molecular weight is 438 g/mol. The summed E-state index contributed by atoms with van der Waals surface area (Å²) in [5.74, 6) is 0.237. The van der Waals surface area contributed by atoms with Gasteiger partial charge in [-0.3, -0.25) is 9.59 Å². The Morgan fingerprint density at radius 1 is 0.806 bits per heavy atom. The number of hydrogen-bond donors (Lipinski definition) is 3. The summed E-state index contributed by atoms with van der Waals surface area (Å²) in [6.07, 6.45) is 14.5. The third kappa shape index (κ3) is 21.4. The van der Waals surface area contributed by atoms with Gasteiger partial charge in [0.1, 0.15) is 0 Å². The van der Waals surface area contributed by atoms with Gasteiger partial charge in [-0.15, -0.1) is 13.2 Å². The Morgan fingerprint density at radius 2 is 1.26 bits per heavy atom. The molecule has 180 valence electrons. The van der Waals surface area contributed by atoms with Gasteiger partial charge in [-0.1, -0.05) is 25.0 Å². The van der Waals surface area contributed by atoms with E-state index in [1.54, 1.807) is 6.92 Å². The normalized spacial score (nSPS) is 11.8. The van der Waals surface area contributed by atoms with E-state index >= 15 is 0 Å². The lowest BCUT2D eigenvalue weighted by molar-refractivity contribution is -0.122. The zero-order chi connectivity index (χ0) is 23.2. The number of nitrogens with zero attached hydrogens (tertiary/aromatic N) is 1. The fourth-order valence-corrected chi connectivity index (χ4v) is 3.41. The monoisotopic (exact) mass is 437 g/mol. The second-order valence-corrected chi connectivity index (χ2v) is 8.33. The van der Waals surface area contributed by atoms with Crippen LogP contribution in [0, 0.1) is 0 Å². The highest BCUT2D eigenvalue weighted by molar-refractivity contribution is 5.76. The molecule has 2 amide bonds. The topological polar surface area (TPSA) is 81.7 Å².